The minimum Gasteiger partial charge on any atom is -0.480 e. The number of benzene rings is 1. The molecule has 20 heavy (non-hydrogen) atoms. The van der Waals surface area contributed by atoms with E-state index in [4.69, 9.17) is 14.6 Å². The van der Waals surface area contributed by atoms with E-state index in [2.05, 4.69) is 21.2 Å². The van der Waals surface area contributed by atoms with Crippen LogP contribution in [0.1, 0.15) is 30.1 Å². The van der Waals surface area contributed by atoms with Crippen LogP contribution in [0.3, 0.4) is 0 Å². The Bertz CT molecular complexity index is 546. The molecule has 1 atom stereocenters. The zero-order valence-electron chi connectivity index (χ0n) is 10.8. The van der Waals surface area contributed by atoms with E-state index in [0.717, 1.165) is 0 Å². The van der Waals surface area contributed by atoms with E-state index in [1.165, 1.54) is 6.07 Å². The van der Waals surface area contributed by atoms with E-state index in [9.17, 15) is 9.59 Å². The van der Waals surface area contributed by atoms with Crippen molar-refractivity contribution >= 4 is 27.8 Å². The third-order valence-electron chi connectivity index (χ3n) is 2.87. The van der Waals surface area contributed by atoms with Crippen molar-refractivity contribution in [3.8, 4) is 11.5 Å². The summed E-state index contributed by atoms with van der Waals surface area (Å²) in [6.07, 6.45) is 1.05. The molecule has 1 aliphatic rings. The van der Waals surface area contributed by atoms with Gasteiger partial charge in [-0.25, -0.2) is 4.79 Å². The average molecular weight is 344 g/mol. The molecule has 0 saturated carbocycles. The number of aliphatic carboxylic acids is 1. The predicted octanol–water partition coefficient (Wildman–Crippen LogP) is 2.16. The number of carboxylic acid groups (broad SMARTS) is 1. The molecule has 1 unspecified atom stereocenters. The van der Waals surface area contributed by atoms with Crippen molar-refractivity contribution in [2.75, 3.05) is 6.79 Å². The minimum absolute atomic E-state index is 0.104. The Kier molecular flexibility index (Phi) is 4.49. The molecule has 1 aromatic carbocycles. The van der Waals surface area contributed by atoms with Crippen LogP contribution >= 0.6 is 15.9 Å². The van der Waals surface area contributed by atoms with Crippen LogP contribution in [0.4, 0.5) is 0 Å². The number of carboxylic acids is 1. The molecule has 1 aliphatic heterocycles. The normalized spacial score (nSPS) is 13.9. The van der Waals surface area contributed by atoms with Crippen molar-refractivity contribution in [2.45, 2.75) is 25.8 Å². The lowest BCUT2D eigenvalue weighted by molar-refractivity contribution is -0.139. The van der Waals surface area contributed by atoms with Gasteiger partial charge in [0, 0.05) is 5.56 Å². The first-order valence-electron chi connectivity index (χ1n) is 6.15. The summed E-state index contributed by atoms with van der Waals surface area (Å²) in [5, 5.41) is 11.5. The number of carbonyl (C=O) groups excluding carboxylic acids is 1. The number of fused-ring (bicyclic) bond motifs is 1. The lowest BCUT2D eigenvalue weighted by Crippen LogP contribution is -2.40. The number of nitrogens with one attached hydrogen (secondary N) is 1. The number of rotatable bonds is 5. The van der Waals surface area contributed by atoms with Gasteiger partial charge in [-0.05, 0) is 34.5 Å². The second kappa shape index (κ2) is 6.13. The first-order valence-corrected chi connectivity index (χ1v) is 6.95. The van der Waals surface area contributed by atoms with Crippen LogP contribution in [0.15, 0.2) is 16.6 Å². The van der Waals surface area contributed by atoms with Crippen LogP contribution in [-0.2, 0) is 4.79 Å². The van der Waals surface area contributed by atoms with E-state index < -0.39 is 17.9 Å². The highest BCUT2D eigenvalue weighted by Crippen LogP contribution is 2.39. The number of hydrogen-bond acceptors (Lipinski definition) is 4. The summed E-state index contributed by atoms with van der Waals surface area (Å²) in [5.74, 6) is -0.485. The Balaban J connectivity index is 2.17. The third kappa shape index (κ3) is 3.04. The van der Waals surface area contributed by atoms with Crippen LogP contribution in [0.2, 0.25) is 0 Å². The molecule has 108 valence electrons. The van der Waals surface area contributed by atoms with Crippen molar-refractivity contribution < 1.29 is 24.2 Å². The molecule has 0 fully saturated rings. The van der Waals surface area contributed by atoms with Gasteiger partial charge in [0.2, 0.25) is 6.79 Å². The van der Waals surface area contributed by atoms with Crippen LogP contribution in [0.5, 0.6) is 11.5 Å². The molecule has 1 aromatic rings. The van der Waals surface area contributed by atoms with E-state index in [0.29, 0.717) is 34.4 Å². The summed E-state index contributed by atoms with van der Waals surface area (Å²) in [6.45, 7) is 1.96. The molecule has 6 nitrogen and oxygen atoms in total. The van der Waals surface area contributed by atoms with Gasteiger partial charge < -0.3 is 19.9 Å². The number of hydrogen-bond donors (Lipinski definition) is 2. The fraction of sp³-hybridized carbons (Fsp3) is 0.385. The van der Waals surface area contributed by atoms with Gasteiger partial charge in [0.05, 0.1) is 4.47 Å². The topological polar surface area (TPSA) is 84.9 Å². The quantitative estimate of drug-likeness (QED) is 0.855. The van der Waals surface area contributed by atoms with Crippen molar-refractivity contribution in [2.24, 2.45) is 0 Å². The van der Waals surface area contributed by atoms with E-state index in [1.807, 2.05) is 6.92 Å². The standard InChI is InChI=1S/C13H14BrNO5/c1-2-3-9(13(17)18)15-12(16)7-4-8(14)11-10(5-7)19-6-20-11/h4-5,9H,2-3,6H2,1H3,(H,15,16)(H,17,18). The van der Waals surface area contributed by atoms with Gasteiger partial charge >= 0.3 is 5.97 Å². The molecule has 0 aromatic heterocycles. The summed E-state index contributed by atoms with van der Waals surface area (Å²) in [7, 11) is 0. The zero-order valence-corrected chi connectivity index (χ0v) is 12.4. The lowest BCUT2D eigenvalue weighted by atomic mass is 10.1. The zero-order chi connectivity index (χ0) is 14.7. The molecule has 0 bridgehead atoms. The van der Waals surface area contributed by atoms with E-state index >= 15 is 0 Å². The monoisotopic (exact) mass is 343 g/mol. The smallest absolute Gasteiger partial charge is 0.326 e. The number of carbonyl (C=O) groups is 2. The first kappa shape index (κ1) is 14.6. The minimum atomic E-state index is -1.04. The highest BCUT2D eigenvalue weighted by molar-refractivity contribution is 9.10. The summed E-state index contributed by atoms with van der Waals surface area (Å²) in [6, 6.07) is 2.22. The highest BCUT2D eigenvalue weighted by Gasteiger charge is 2.23. The van der Waals surface area contributed by atoms with Gasteiger partial charge in [-0.15, -0.1) is 0 Å². The lowest BCUT2D eigenvalue weighted by Gasteiger charge is -2.14. The Morgan fingerprint density at radius 3 is 2.85 bits per heavy atom. The van der Waals surface area contributed by atoms with Crippen molar-refractivity contribution in [1.29, 1.82) is 0 Å². The molecule has 1 heterocycles. The first-order chi connectivity index (χ1) is 9.52. The van der Waals surface area contributed by atoms with E-state index in [1.54, 1.807) is 6.07 Å². The summed E-state index contributed by atoms with van der Waals surface area (Å²) in [5.41, 5.74) is 0.323. The van der Waals surface area contributed by atoms with Crippen LogP contribution < -0.4 is 14.8 Å². The van der Waals surface area contributed by atoms with Gasteiger partial charge in [0.15, 0.2) is 11.5 Å². The van der Waals surface area contributed by atoms with Gasteiger partial charge in [-0.2, -0.15) is 0 Å². The van der Waals surface area contributed by atoms with Crippen LogP contribution in [-0.4, -0.2) is 29.8 Å². The molecule has 0 radical (unpaired) electrons. The SMILES string of the molecule is CCCC(NC(=O)c1cc(Br)c2c(c1)OCO2)C(=O)O. The van der Waals surface area contributed by atoms with Gasteiger partial charge in [0.25, 0.3) is 5.91 Å². The maximum Gasteiger partial charge on any atom is 0.326 e. The molecular formula is C13H14BrNO5. The molecule has 2 N–H and O–H groups in total. The van der Waals surface area contributed by atoms with Crippen molar-refractivity contribution in [3.05, 3.63) is 22.2 Å². The van der Waals surface area contributed by atoms with Gasteiger partial charge in [0.1, 0.15) is 6.04 Å². The average Bonchev–Trinajstić information content (AvgIpc) is 2.86. The number of ether oxygens (including phenoxy) is 2. The van der Waals surface area contributed by atoms with Crippen molar-refractivity contribution in [3.63, 3.8) is 0 Å². The predicted molar refractivity (Wildman–Crippen MR) is 74.1 cm³/mol. The summed E-state index contributed by atoms with van der Waals surface area (Å²) < 4.78 is 11.0. The molecule has 7 heteroatoms. The molecule has 1 amide bonds. The van der Waals surface area contributed by atoms with Crippen molar-refractivity contribution in [1.82, 2.24) is 5.32 Å². The van der Waals surface area contributed by atoms with Crippen LogP contribution in [0, 0.1) is 0 Å². The second-order valence-electron chi connectivity index (χ2n) is 4.34. The van der Waals surface area contributed by atoms with Gasteiger partial charge in [-0.3, -0.25) is 4.79 Å². The van der Waals surface area contributed by atoms with Crippen LogP contribution in [0.25, 0.3) is 0 Å². The molecular weight excluding hydrogens is 330 g/mol. The third-order valence-corrected chi connectivity index (χ3v) is 3.46. The Hall–Kier alpha value is -1.76. The molecule has 0 aliphatic carbocycles. The summed E-state index contributed by atoms with van der Waals surface area (Å²) in [4.78, 5) is 23.1. The number of amides is 1. The maximum absolute atomic E-state index is 12.1. The molecule has 2 rings (SSSR count). The van der Waals surface area contributed by atoms with Gasteiger partial charge in [-0.1, -0.05) is 13.3 Å². The summed E-state index contributed by atoms with van der Waals surface area (Å²) >= 11 is 3.29. The largest absolute Gasteiger partial charge is 0.480 e. The van der Waals surface area contributed by atoms with E-state index in [-0.39, 0.29) is 6.79 Å². The highest BCUT2D eigenvalue weighted by atomic mass is 79.9. The fourth-order valence-electron chi connectivity index (χ4n) is 1.89. The Morgan fingerprint density at radius 1 is 1.45 bits per heavy atom. The Morgan fingerprint density at radius 2 is 2.20 bits per heavy atom. The molecule has 0 spiro atoms. The second-order valence-corrected chi connectivity index (χ2v) is 5.20. The number of halogens is 1. The Labute approximate surface area is 124 Å². The maximum atomic E-state index is 12.1. The molecule has 0 saturated heterocycles. The fourth-order valence-corrected chi connectivity index (χ4v) is 2.44.